The zero-order valence-corrected chi connectivity index (χ0v) is 20.9. The van der Waals surface area contributed by atoms with Crippen LogP contribution in [0, 0.1) is 0 Å². The van der Waals surface area contributed by atoms with Gasteiger partial charge in [-0.15, -0.1) is 0 Å². The van der Waals surface area contributed by atoms with Gasteiger partial charge in [-0.2, -0.15) is 0 Å². The molecule has 4 rings (SSSR count). The van der Waals surface area contributed by atoms with Crippen LogP contribution in [-0.2, 0) is 4.79 Å². The minimum atomic E-state index is -1.13. The summed E-state index contributed by atoms with van der Waals surface area (Å²) in [6.45, 7) is 1.52. The molecule has 0 saturated carbocycles. The number of carbonyl (C=O) groups is 3. The highest BCUT2D eigenvalue weighted by Crippen LogP contribution is 2.41. The number of benzene rings is 3. The first-order valence-corrected chi connectivity index (χ1v) is 12.0. The van der Waals surface area contributed by atoms with E-state index in [0.717, 1.165) is 0 Å². The maximum Gasteiger partial charge on any atom is 0.341 e. The number of halogens is 1. The van der Waals surface area contributed by atoms with E-state index in [0.29, 0.717) is 39.0 Å². The summed E-state index contributed by atoms with van der Waals surface area (Å²) in [6.07, 6.45) is 0. The van der Waals surface area contributed by atoms with E-state index in [1.807, 2.05) is 36.4 Å². The van der Waals surface area contributed by atoms with Crippen LogP contribution in [-0.4, -0.2) is 36.1 Å². The van der Waals surface area contributed by atoms with Crippen molar-refractivity contribution in [3.05, 3.63) is 99.5 Å². The molecule has 0 aromatic heterocycles. The average Bonchev–Trinajstić information content (AvgIpc) is 2.88. The van der Waals surface area contributed by atoms with Gasteiger partial charge in [-0.1, -0.05) is 60.7 Å². The smallest absolute Gasteiger partial charge is 0.341 e. The molecule has 184 valence electrons. The third-order valence-electron chi connectivity index (χ3n) is 5.42. The number of hydrogen-bond acceptors (Lipinski definition) is 5. The van der Waals surface area contributed by atoms with Gasteiger partial charge in [0.15, 0.2) is 23.9 Å². The van der Waals surface area contributed by atoms with E-state index >= 15 is 0 Å². The number of hydrogen-bond donors (Lipinski definition) is 3. The van der Waals surface area contributed by atoms with Crippen LogP contribution in [0.15, 0.2) is 82.8 Å². The second kappa shape index (κ2) is 11.1. The van der Waals surface area contributed by atoms with Crippen molar-refractivity contribution >= 4 is 39.4 Å². The topological polar surface area (TPSA) is 114 Å². The van der Waals surface area contributed by atoms with E-state index in [1.54, 1.807) is 43.3 Å². The molecule has 1 aliphatic heterocycles. The fourth-order valence-corrected chi connectivity index (χ4v) is 4.50. The lowest BCUT2D eigenvalue weighted by Gasteiger charge is -2.30. The molecule has 2 amide bonds. The molecule has 3 aromatic rings. The van der Waals surface area contributed by atoms with Gasteiger partial charge >= 0.3 is 12.0 Å². The molecule has 0 fully saturated rings. The van der Waals surface area contributed by atoms with E-state index in [2.05, 4.69) is 26.6 Å². The fraction of sp³-hybridized carbons (Fsp3) is 0.148. The number of nitrogens with one attached hydrogen (secondary N) is 2. The van der Waals surface area contributed by atoms with E-state index < -0.39 is 24.6 Å². The highest BCUT2D eigenvalue weighted by Gasteiger charge is 2.34. The van der Waals surface area contributed by atoms with Crippen molar-refractivity contribution in [1.29, 1.82) is 0 Å². The van der Waals surface area contributed by atoms with Crippen molar-refractivity contribution in [3.63, 3.8) is 0 Å². The second-order valence-electron chi connectivity index (χ2n) is 7.83. The van der Waals surface area contributed by atoms with Gasteiger partial charge < -0.3 is 25.2 Å². The summed E-state index contributed by atoms with van der Waals surface area (Å²) >= 11 is 3.43. The molecule has 0 aliphatic carbocycles. The lowest BCUT2D eigenvalue weighted by Crippen LogP contribution is -2.45. The van der Waals surface area contributed by atoms with Crippen LogP contribution in [0.25, 0.3) is 5.70 Å². The Morgan fingerprint density at radius 3 is 2.31 bits per heavy atom. The minimum absolute atomic E-state index is 0.214. The number of Topliss-reactive ketones (excluding diaryl/α,β-unsaturated/α-hetero) is 1. The minimum Gasteiger partial charge on any atom is -0.490 e. The van der Waals surface area contributed by atoms with Crippen LogP contribution in [0.2, 0.25) is 0 Å². The monoisotopic (exact) mass is 550 g/mol. The maximum atomic E-state index is 13.8. The number of carboxylic acids is 1. The molecule has 3 aromatic carbocycles. The molecule has 0 spiro atoms. The summed E-state index contributed by atoms with van der Waals surface area (Å²) in [6, 6.07) is 20.0. The van der Waals surface area contributed by atoms with Crippen LogP contribution in [0.1, 0.15) is 34.5 Å². The zero-order valence-electron chi connectivity index (χ0n) is 19.3. The molecular weight excluding hydrogens is 528 g/mol. The van der Waals surface area contributed by atoms with E-state index in [9.17, 15) is 14.4 Å². The molecular formula is C27H23BrN2O6. The van der Waals surface area contributed by atoms with Crippen LogP contribution in [0.5, 0.6) is 11.5 Å². The number of ether oxygens (including phenoxy) is 2. The highest BCUT2D eigenvalue weighted by molar-refractivity contribution is 9.10. The summed E-state index contributed by atoms with van der Waals surface area (Å²) in [7, 11) is 0. The van der Waals surface area contributed by atoms with Crippen molar-refractivity contribution in [3.8, 4) is 11.5 Å². The Hall–Kier alpha value is -4.11. The average molecular weight is 551 g/mol. The molecule has 0 saturated heterocycles. The molecule has 3 N–H and O–H groups in total. The quantitative estimate of drug-likeness (QED) is 0.324. The van der Waals surface area contributed by atoms with Crippen molar-refractivity contribution in [2.45, 2.75) is 13.0 Å². The first-order valence-electron chi connectivity index (χ1n) is 11.2. The number of aliphatic carboxylic acids is 1. The highest BCUT2D eigenvalue weighted by atomic mass is 79.9. The third-order valence-corrected chi connectivity index (χ3v) is 6.01. The van der Waals surface area contributed by atoms with E-state index in [4.69, 9.17) is 14.6 Å². The van der Waals surface area contributed by atoms with E-state index in [1.165, 1.54) is 0 Å². The van der Waals surface area contributed by atoms with Gasteiger partial charge in [-0.3, -0.25) is 4.79 Å². The summed E-state index contributed by atoms with van der Waals surface area (Å²) in [5.41, 5.74) is 2.45. The van der Waals surface area contributed by atoms with Gasteiger partial charge in [0.25, 0.3) is 0 Å². The number of urea groups is 1. The van der Waals surface area contributed by atoms with Crippen molar-refractivity contribution in [2.24, 2.45) is 0 Å². The molecule has 0 bridgehead atoms. The van der Waals surface area contributed by atoms with E-state index in [-0.39, 0.29) is 17.3 Å². The van der Waals surface area contributed by atoms with Gasteiger partial charge in [-0.25, -0.2) is 9.59 Å². The van der Waals surface area contributed by atoms with Gasteiger partial charge in [0.05, 0.1) is 28.4 Å². The predicted octanol–water partition coefficient (Wildman–Crippen LogP) is 4.96. The Balaban J connectivity index is 1.90. The number of ketones is 1. The Kier molecular flexibility index (Phi) is 7.70. The molecule has 8 nitrogen and oxygen atoms in total. The zero-order chi connectivity index (χ0) is 25.7. The van der Waals surface area contributed by atoms with Crippen LogP contribution < -0.4 is 20.1 Å². The SMILES string of the molecule is CCOc1cc(C2NC(=O)NC(c3ccccc3)=C2C(=O)c2ccccc2)cc(Br)c1OCC(=O)O. The van der Waals surface area contributed by atoms with Crippen molar-refractivity contribution in [1.82, 2.24) is 10.6 Å². The maximum absolute atomic E-state index is 13.8. The fourth-order valence-electron chi connectivity index (χ4n) is 3.93. The number of carbonyl (C=O) groups excluding carboxylic acids is 2. The van der Waals surface area contributed by atoms with Crippen molar-refractivity contribution in [2.75, 3.05) is 13.2 Å². The van der Waals surface area contributed by atoms with Gasteiger partial charge in [0, 0.05) is 5.56 Å². The Bertz CT molecular complexity index is 1320. The van der Waals surface area contributed by atoms with Crippen LogP contribution in [0.4, 0.5) is 4.79 Å². The summed E-state index contributed by atoms with van der Waals surface area (Å²) in [4.78, 5) is 37.7. The Morgan fingerprint density at radius 2 is 1.67 bits per heavy atom. The standard InChI is InChI=1S/C27H23BrN2O6/c1-2-35-20-14-18(13-19(28)26(20)36-15-21(31)32)24-22(25(33)17-11-7-4-8-12-17)23(29-27(34)30-24)16-9-5-3-6-10-16/h3-14,24H,2,15H2,1H3,(H,31,32)(H2,29,30,34). The first kappa shape index (κ1) is 25.0. The van der Waals surface area contributed by atoms with Crippen LogP contribution >= 0.6 is 15.9 Å². The number of carboxylic acid groups (broad SMARTS) is 1. The van der Waals surface area contributed by atoms with Crippen LogP contribution in [0.3, 0.4) is 0 Å². The lowest BCUT2D eigenvalue weighted by molar-refractivity contribution is -0.139. The first-order chi connectivity index (χ1) is 17.4. The normalized spacial score (nSPS) is 15.1. The third kappa shape index (κ3) is 5.41. The largest absolute Gasteiger partial charge is 0.490 e. The predicted molar refractivity (Wildman–Crippen MR) is 137 cm³/mol. The molecule has 0 radical (unpaired) electrons. The van der Waals surface area contributed by atoms with Crippen molar-refractivity contribution < 1.29 is 29.0 Å². The molecule has 9 heteroatoms. The van der Waals surface area contributed by atoms with Gasteiger partial charge in [0.2, 0.25) is 0 Å². The molecule has 1 unspecified atom stereocenters. The molecule has 1 aliphatic rings. The molecule has 36 heavy (non-hydrogen) atoms. The lowest BCUT2D eigenvalue weighted by atomic mass is 9.87. The second-order valence-corrected chi connectivity index (χ2v) is 8.68. The summed E-state index contributed by atoms with van der Waals surface area (Å²) in [5.74, 6) is -0.896. The summed E-state index contributed by atoms with van der Waals surface area (Å²) < 4.78 is 11.6. The molecule has 1 heterocycles. The number of rotatable bonds is 9. The summed E-state index contributed by atoms with van der Waals surface area (Å²) in [5, 5.41) is 14.7. The Morgan fingerprint density at radius 1 is 1.00 bits per heavy atom. The van der Waals surface area contributed by atoms with Gasteiger partial charge in [0.1, 0.15) is 0 Å². The Labute approximate surface area is 216 Å². The molecule has 1 atom stereocenters. The number of amides is 2. The van der Waals surface area contributed by atoms with Gasteiger partial charge in [-0.05, 0) is 46.1 Å².